The van der Waals surface area contributed by atoms with E-state index >= 15 is 0 Å². The lowest BCUT2D eigenvalue weighted by atomic mass is 10.2. The van der Waals surface area contributed by atoms with Crippen LogP contribution in [0.1, 0.15) is 50.6 Å². The predicted molar refractivity (Wildman–Crippen MR) is 78.1 cm³/mol. The Morgan fingerprint density at radius 2 is 2.06 bits per heavy atom. The van der Waals surface area contributed by atoms with E-state index in [1.54, 1.807) is 11.3 Å². The molecule has 1 heterocycles. The van der Waals surface area contributed by atoms with Crippen molar-refractivity contribution in [1.82, 2.24) is 4.98 Å². The van der Waals surface area contributed by atoms with Gasteiger partial charge >= 0.3 is 0 Å². The highest BCUT2D eigenvalue weighted by atomic mass is 32.1. The molecule has 0 aliphatic heterocycles. The molecule has 18 heavy (non-hydrogen) atoms. The summed E-state index contributed by atoms with van der Waals surface area (Å²) >= 11 is 1.77. The van der Waals surface area contributed by atoms with E-state index in [0.29, 0.717) is 0 Å². The maximum Gasteiger partial charge on any atom is 0.123 e. The van der Waals surface area contributed by atoms with Crippen molar-refractivity contribution in [3.05, 3.63) is 29.3 Å². The summed E-state index contributed by atoms with van der Waals surface area (Å²) in [4.78, 5) is 4.70. The first-order valence-corrected chi connectivity index (χ1v) is 7.63. The maximum absolute atomic E-state index is 5.99. The molecule has 1 atom stereocenters. The van der Waals surface area contributed by atoms with E-state index in [2.05, 4.69) is 32.0 Å². The van der Waals surface area contributed by atoms with Crippen molar-refractivity contribution < 1.29 is 4.74 Å². The average molecular weight is 263 g/mol. The minimum Gasteiger partial charge on any atom is -0.371 e. The Bertz CT molecular complexity index is 447. The van der Waals surface area contributed by atoms with E-state index in [9.17, 15) is 0 Å². The summed E-state index contributed by atoms with van der Waals surface area (Å²) in [7, 11) is 0. The van der Waals surface area contributed by atoms with Crippen LogP contribution in [0.4, 0.5) is 0 Å². The number of ether oxygens (including phenoxy) is 1. The Morgan fingerprint density at radius 1 is 1.22 bits per heavy atom. The molecule has 0 amide bonds. The average Bonchev–Trinajstić information content (AvgIpc) is 2.81. The molecule has 1 aromatic heterocycles. The first kappa shape index (κ1) is 13.5. The molecule has 0 fully saturated rings. The van der Waals surface area contributed by atoms with Crippen LogP contribution in [0.15, 0.2) is 24.3 Å². The van der Waals surface area contributed by atoms with Crippen LogP contribution in [0, 0.1) is 0 Å². The van der Waals surface area contributed by atoms with Gasteiger partial charge in [0.1, 0.15) is 11.1 Å². The highest BCUT2D eigenvalue weighted by Gasteiger charge is 2.15. The number of fused-ring (bicyclic) bond motifs is 1. The van der Waals surface area contributed by atoms with Gasteiger partial charge in [-0.25, -0.2) is 4.98 Å². The number of aromatic nitrogens is 1. The zero-order chi connectivity index (χ0) is 12.8. The monoisotopic (exact) mass is 263 g/mol. The first-order chi connectivity index (χ1) is 8.85. The normalized spacial score (nSPS) is 13.0. The molecule has 0 radical (unpaired) electrons. The van der Waals surface area contributed by atoms with Gasteiger partial charge in [0, 0.05) is 6.61 Å². The fourth-order valence-electron chi connectivity index (χ4n) is 1.94. The van der Waals surface area contributed by atoms with Crippen molar-refractivity contribution in [2.24, 2.45) is 0 Å². The number of rotatable bonds is 7. The van der Waals surface area contributed by atoms with E-state index < -0.39 is 0 Å². The molecule has 0 aliphatic carbocycles. The van der Waals surface area contributed by atoms with Gasteiger partial charge in [0.2, 0.25) is 0 Å². The van der Waals surface area contributed by atoms with Gasteiger partial charge in [-0.1, -0.05) is 38.8 Å². The van der Waals surface area contributed by atoms with Crippen molar-refractivity contribution >= 4 is 21.6 Å². The molecule has 0 saturated heterocycles. The summed E-state index contributed by atoms with van der Waals surface area (Å²) in [6.07, 6.45) is 4.68. The lowest BCUT2D eigenvalue weighted by molar-refractivity contribution is 0.0442. The Kier molecular flexibility index (Phi) is 5.14. The fourth-order valence-corrected chi connectivity index (χ4v) is 2.99. The van der Waals surface area contributed by atoms with E-state index in [4.69, 9.17) is 9.72 Å². The third kappa shape index (κ3) is 3.30. The van der Waals surface area contributed by atoms with Crippen LogP contribution in [0.25, 0.3) is 10.2 Å². The van der Waals surface area contributed by atoms with Gasteiger partial charge in [0.05, 0.1) is 10.2 Å². The van der Waals surface area contributed by atoms with Crippen LogP contribution >= 0.6 is 11.3 Å². The minimum absolute atomic E-state index is 0.180. The Hall–Kier alpha value is -0.930. The lowest BCUT2D eigenvalue weighted by Crippen LogP contribution is -2.05. The Labute approximate surface area is 113 Å². The van der Waals surface area contributed by atoms with Crippen LogP contribution in [-0.2, 0) is 4.74 Å². The molecule has 2 rings (SSSR count). The summed E-state index contributed by atoms with van der Waals surface area (Å²) in [5.41, 5.74) is 1.10. The first-order valence-electron chi connectivity index (χ1n) is 6.82. The largest absolute Gasteiger partial charge is 0.371 e. The quantitative estimate of drug-likeness (QED) is 0.659. The van der Waals surface area contributed by atoms with Gasteiger partial charge in [-0.05, 0) is 25.0 Å². The fraction of sp³-hybridized carbons (Fsp3) is 0.533. The van der Waals surface area contributed by atoms with Crippen LogP contribution in [-0.4, -0.2) is 11.6 Å². The number of unbranched alkanes of at least 4 members (excludes halogenated alkanes) is 1. The standard InChI is InChI=1S/C15H21NOS/c1-3-5-11-17-13(8-4-2)15-16-12-9-6-7-10-14(12)18-15/h6-7,9-10,13H,3-5,8,11H2,1-2H3. The summed E-state index contributed by atoms with van der Waals surface area (Å²) in [5.74, 6) is 0. The van der Waals surface area contributed by atoms with Gasteiger partial charge in [0.15, 0.2) is 0 Å². The zero-order valence-corrected chi connectivity index (χ0v) is 12.0. The van der Waals surface area contributed by atoms with Gasteiger partial charge in [-0.2, -0.15) is 0 Å². The van der Waals surface area contributed by atoms with Crippen LogP contribution in [0.3, 0.4) is 0 Å². The highest BCUT2D eigenvalue weighted by Crippen LogP contribution is 2.30. The topological polar surface area (TPSA) is 22.1 Å². The third-order valence-corrected chi connectivity index (χ3v) is 4.08. The summed E-state index contributed by atoms with van der Waals surface area (Å²) in [5, 5.41) is 1.13. The molecular formula is C15H21NOS. The molecule has 0 N–H and O–H groups in total. The van der Waals surface area contributed by atoms with Gasteiger partial charge in [0.25, 0.3) is 0 Å². The number of hydrogen-bond donors (Lipinski definition) is 0. The number of benzene rings is 1. The molecule has 3 heteroatoms. The number of para-hydroxylation sites is 1. The van der Waals surface area contributed by atoms with Crippen LogP contribution < -0.4 is 0 Å². The van der Waals surface area contributed by atoms with Gasteiger partial charge in [-0.3, -0.25) is 0 Å². The van der Waals surface area contributed by atoms with Crippen molar-refractivity contribution in [2.75, 3.05) is 6.61 Å². The van der Waals surface area contributed by atoms with Crippen LogP contribution in [0.5, 0.6) is 0 Å². The van der Waals surface area contributed by atoms with Crippen LogP contribution in [0.2, 0.25) is 0 Å². The van der Waals surface area contributed by atoms with E-state index in [1.165, 1.54) is 11.1 Å². The second-order valence-electron chi connectivity index (χ2n) is 4.52. The van der Waals surface area contributed by atoms with Crippen molar-refractivity contribution in [3.63, 3.8) is 0 Å². The molecule has 0 bridgehead atoms. The molecule has 2 nitrogen and oxygen atoms in total. The summed E-state index contributed by atoms with van der Waals surface area (Å²) in [6, 6.07) is 8.31. The molecule has 0 spiro atoms. The molecule has 2 aromatic rings. The van der Waals surface area contributed by atoms with Crippen molar-refractivity contribution in [2.45, 2.75) is 45.6 Å². The molecule has 0 aliphatic rings. The summed E-state index contributed by atoms with van der Waals surface area (Å²) in [6.45, 7) is 5.23. The van der Waals surface area contributed by atoms with E-state index in [1.807, 2.05) is 6.07 Å². The maximum atomic E-state index is 5.99. The van der Waals surface area contributed by atoms with Crippen molar-refractivity contribution in [1.29, 1.82) is 0 Å². The number of hydrogen-bond acceptors (Lipinski definition) is 3. The predicted octanol–water partition coefficient (Wildman–Crippen LogP) is 4.95. The minimum atomic E-state index is 0.180. The SMILES string of the molecule is CCCCOC(CCC)c1nc2ccccc2s1. The smallest absolute Gasteiger partial charge is 0.123 e. The van der Waals surface area contributed by atoms with Gasteiger partial charge < -0.3 is 4.74 Å². The Morgan fingerprint density at radius 3 is 2.78 bits per heavy atom. The lowest BCUT2D eigenvalue weighted by Gasteiger charge is -2.14. The second kappa shape index (κ2) is 6.86. The molecule has 1 aromatic carbocycles. The van der Waals surface area contributed by atoms with E-state index in [0.717, 1.165) is 36.4 Å². The Balaban J connectivity index is 2.13. The number of nitrogens with zero attached hydrogens (tertiary/aromatic N) is 1. The van der Waals surface area contributed by atoms with Gasteiger partial charge in [-0.15, -0.1) is 11.3 Å². The number of thiazole rings is 1. The molecule has 0 saturated carbocycles. The third-order valence-electron chi connectivity index (χ3n) is 2.95. The highest BCUT2D eigenvalue weighted by molar-refractivity contribution is 7.18. The molecular weight excluding hydrogens is 242 g/mol. The summed E-state index contributed by atoms with van der Waals surface area (Å²) < 4.78 is 7.24. The zero-order valence-electron chi connectivity index (χ0n) is 11.2. The van der Waals surface area contributed by atoms with E-state index in [-0.39, 0.29) is 6.10 Å². The molecule has 98 valence electrons. The second-order valence-corrected chi connectivity index (χ2v) is 5.58. The molecule has 1 unspecified atom stereocenters. The van der Waals surface area contributed by atoms with Crippen molar-refractivity contribution in [3.8, 4) is 0 Å².